The minimum Gasteiger partial charge on any atom is -0.499 e. The molecule has 1 aliphatic heterocycles. The summed E-state index contributed by atoms with van der Waals surface area (Å²) in [6, 6.07) is 0. The Labute approximate surface area is 55.5 Å². The van der Waals surface area contributed by atoms with Crippen LogP contribution in [0.4, 0.5) is 0 Å². The topological polar surface area (TPSA) is 18.5 Å². The third kappa shape index (κ3) is 2.06. The first-order valence-corrected chi connectivity index (χ1v) is 3.27. The zero-order valence-electron chi connectivity index (χ0n) is 5.51. The average molecular weight is 128 g/mol. The van der Waals surface area contributed by atoms with Crippen LogP contribution in [0.15, 0.2) is 12.8 Å². The molecule has 0 aliphatic carbocycles. The number of hydrogen-bond acceptors (Lipinski definition) is 2. The molecule has 0 radical (unpaired) electrons. The standard InChI is InChI=1S/C7H12O2/c1-2-8-6-7-4-3-5-9-7/h2,7H,1,3-6H2/t7-/m1/s1. The summed E-state index contributed by atoms with van der Waals surface area (Å²) in [5.74, 6) is 0. The molecular formula is C7H12O2. The van der Waals surface area contributed by atoms with Crippen molar-refractivity contribution in [3.8, 4) is 0 Å². The van der Waals surface area contributed by atoms with Crippen molar-refractivity contribution in [3.63, 3.8) is 0 Å². The molecule has 0 bridgehead atoms. The molecule has 0 saturated carbocycles. The van der Waals surface area contributed by atoms with Gasteiger partial charge in [-0.25, -0.2) is 0 Å². The highest BCUT2D eigenvalue weighted by atomic mass is 16.5. The summed E-state index contributed by atoms with van der Waals surface area (Å²) in [5, 5.41) is 0. The van der Waals surface area contributed by atoms with Crippen LogP contribution in [0.2, 0.25) is 0 Å². The normalized spacial score (nSPS) is 26.0. The Morgan fingerprint density at radius 2 is 2.67 bits per heavy atom. The Kier molecular flexibility index (Phi) is 2.58. The van der Waals surface area contributed by atoms with Crippen LogP contribution in [0.25, 0.3) is 0 Å². The van der Waals surface area contributed by atoms with Gasteiger partial charge in [-0.1, -0.05) is 6.58 Å². The fraction of sp³-hybridized carbons (Fsp3) is 0.714. The lowest BCUT2D eigenvalue weighted by atomic mass is 10.2. The highest BCUT2D eigenvalue weighted by molar-refractivity contribution is 4.64. The zero-order chi connectivity index (χ0) is 6.53. The molecule has 0 aromatic heterocycles. The molecule has 0 aromatic rings. The van der Waals surface area contributed by atoms with Gasteiger partial charge in [0.05, 0.1) is 12.4 Å². The van der Waals surface area contributed by atoms with E-state index in [-0.39, 0.29) is 0 Å². The summed E-state index contributed by atoms with van der Waals surface area (Å²) >= 11 is 0. The molecule has 1 atom stereocenters. The Balaban J connectivity index is 2.04. The lowest BCUT2D eigenvalue weighted by molar-refractivity contribution is 0.0522. The van der Waals surface area contributed by atoms with E-state index in [1.165, 1.54) is 12.7 Å². The molecule has 1 heterocycles. The van der Waals surface area contributed by atoms with Gasteiger partial charge in [0.1, 0.15) is 6.61 Å². The van der Waals surface area contributed by atoms with Crippen LogP contribution in [0, 0.1) is 0 Å². The molecule has 2 heteroatoms. The van der Waals surface area contributed by atoms with Gasteiger partial charge in [-0.15, -0.1) is 0 Å². The van der Waals surface area contributed by atoms with Crippen molar-refractivity contribution in [3.05, 3.63) is 12.8 Å². The second-order valence-corrected chi connectivity index (χ2v) is 2.14. The average Bonchev–Trinajstić information content (AvgIpc) is 2.34. The predicted molar refractivity (Wildman–Crippen MR) is 35.1 cm³/mol. The van der Waals surface area contributed by atoms with E-state index in [4.69, 9.17) is 9.47 Å². The van der Waals surface area contributed by atoms with E-state index >= 15 is 0 Å². The Morgan fingerprint density at radius 1 is 1.78 bits per heavy atom. The zero-order valence-corrected chi connectivity index (χ0v) is 5.51. The number of rotatable bonds is 3. The highest BCUT2D eigenvalue weighted by Gasteiger charge is 2.14. The first-order valence-electron chi connectivity index (χ1n) is 3.27. The van der Waals surface area contributed by atoms with Gasteiger partial charge in [0.2, 0.25) is 0 Å². The predicted octanol–water partition coefficient (Wildman–Crippen LogP) is 1.33. The second kappa shape index (κ2) is 3.51. The third-order valence-electron chi connectivity index (χ3n) is 1.42. The van der Waals surface area contributed by atoms with Crippen molar-refractivity contribution >= 4 is 0 Å². The molecule has 0 spiro atoms. The lowest BCUT2D eigenvalue weighted by Gasteiger charge is -2.06. The molecule has 0 amide bonds. The summed E-state index contributed by atoms with van der Waals surface area (Å²) in [5.41, 5.74) is 0. The third-order valence-corrected chi connectivity index (χ3v) is 1.42. The van der Waals surface area contributed by atoms with Gasteiger partial charge in [0.25, 0.3) is 0 Å². The minimum absolute atomic E-state index is 0.322. The quantitative estimate of drug-likeness (QED) is 0.534. The van der Waals surface area contributed by atoms with Crippen molar-refractivity contribution in [1.29, 1.82) is 0 Å². The molecule has 1 saturated heterocycles. The molecular weight excluding hydrogens is 116 g/mol. The maximum absolute atomic E-state index is 5.28. The fourth-order valence-corrected chi connectivity index (χ4v) is 0.951. The van der Waals surface area contributed by atoms with E-state index in [1.54, 1.807) is 0 Å². The van der Waals surface area contributed by atoms with E-state index in [9.17, 15) is 0 Å². The van der Waals surface area contributed by atoms with Crippen LogP contribution in [0.1, 0.15) is 12.8 Å². The van der Waals surface area contributed by atoms with E-state index in [2.05, 4.69) is 6.58 Å². The van der Waals surface area contributed by atoms with Crippen LogP contribution in [-0.4, -0.2) is 19.3 Å². The van der Waals surface area contributed by atoms with E-state index in [1.807, 2.05) is 0 Å². The largest absolute Gasteiger partial charge is 0.499 e. The molecule has 0 aromatic carbocycles. The van der Waals surface area contributed by atoms with Gasteiger partial charge in [-0.3, -0.25) is 0 Å². The maximum Gasteiger partial charge on any atom is 0.113 e. The number of ether oxygens (including phenoxy) is 2. The summed E-state index contributed by atoms with van der Waals surface area (Å²) in [6.45, 7) is 5.01. The summed E-state index contributed by atoms with van der Waals surface area (Å²) in [7, 11) is 0. The molecule has 2 nitrogen and oxygen atoms in total. The summed E-state index contributed by atoms with van der Waals surface area (Å²) < 4.78 is 10.2. The van der Waals surface area contributed by atoms with Crippen molar-refractivity contribution in [2.45, 2.75) is 18.9 Å². The second-order valence-electron chi connectivity index (χ2n) is 2.14. The molecule has 52 valence electrons. The van der Waals surface area contributed by atoms with E-state index < -0.39 is 0 Å². The molecule has 0 N–H and O–H groups in total. The summed E-state index contributed by atoms with van der Waals surface area (Å²) in [4.78, 5) is 0. The SMILES string of the molecule is C=COC[C@H]1CCCO1. The monoisotopic (exact) mass is 128 g/mol. The first-order chi connectivity index (χ1) is 4.43. The molecule has 1 rings (SSSR count). The van der Waals surface area contributed by atoms with Gasteiger partial charge in [-0.2, -0.15) is 0 Å². The van der Waals surface area contributed by atoms with Crippen LogP contribution in [-0.2, 0) is 9.47 Å². The molecule has 1 fully saturated rings. The van der Waals surface area contributed by atoms with Crippen molar-refractivity contribution < 1.29 is 9.47 Å². The highest BCUT2D eigenvalue weighted by Crippen LogP contribution is 2.11. The van der Waals surface area contributed by atoms with Crippen LogP contribution < -0.4 is 0 Å². The molecule has 9 heavy (non-hydrogen) atoms. The van der Waals surface area contributed by atoms with Gasteiger partial charge in [-0.05, 0) is 12.8 Å². The maximum atomic E-state index is 5.28. The van der Waals surface area contributed by atoms with E-state index in [0.29, 0.717) is 12.7 Å². The van der Waals surface area contributed by atoms with Gasteiger partial charge in [0, 0.05) is 6.61 Å². The van der Waals surface area contributed by atoms with Crippen LogP contribution in [0.5, 0.6) is 0 Å². The van der Waals surface area contributed by atoms with Gasteiger partial charge >= 0.3 is 0 Å². The lowest BCUT2D eigenvalue weighted by Crippen LogP contribution is -2.11. The van der Waals surface area contributed by atoms with Crippen molar-refractivity contribution in [1.82, 2.24) is 0 Å². The van der Waals surface area contributed by atoms with Crippen LogP contribution in [0.3, 0.4) is 0 Å². The Hall–Kier alpha value is -0.500. The molecule has 0 unspecified atom stereocenters. The Morgan fingerprint density at radius 3 is 3.22 bits per heavy atom. The van der Waals surface area contributed by atoms with Crippen molar-refractivity contribution in [2.75, 3.05) is 13.2 Å². The fourth-order valence-electron chi connectivity index (χ4n) is 0.951. The summed E-state index contributed by atoms with van der Waals surface area (Å²) in [6.07, 6.45) is 4.09. The van der Waals surface area contributed by atoms with Gasteiger partial charge < -0.3 is 9.47 Å². The number of hydrogen-bond donors (Lipinski definition) is 0. The minimum atomic E-state index is 0.322. The van der Waals surface area contributed by atoms with Gasteiger partial charge in [0.15, 0.2) is 0 Å². The Bertz CT molecular complexity index is 84.9. The first kappa shape index (κ1) is 6.62. The van der Waals surface area contributed by atoms with E-state index in [0.717, 1.165) is 13.0 Å². The van der Waals surface area contributed by atoms with Crippen molar-refractivity contribution in [2.24, 2.45) is 0 Å². The smallest absolute Gasteiger partial charge is 0.113 e. The van der Waals surface area contributed by atoms with Crippen LogP contribution >= 0.6 is 0 Å². The molecule has 1 aliphatic rings.